The van der Waals surface area contributed by atoms with E-state index in [4.69, 9.17) is 9.47 Å². The minimum atomic E-state index is -0.357. The van der Waals surface area contributed by atoms with E-state index in [1.54, 1.807) is 25.0 Å². The number of carbonyl (C=O) groups excluding carboxylic acids is 1. The minimum Gasteiger partial charge on any atom is -0.493 e. The Hall–Kier alpha value is -2.80. The number of hydrogen-bond donors (Lipinski definition) is 1. The van der Waals surface area contributed by atoms with Crippen LogP contribution in [0.1, 0.15) is 53.6 Å². The molecule has 0 saturated carbocycles. The summed E-state index contributed by atoms with van der Waals surface area (Å²) in [6, 6.07) is 7.59. The van der Waals surface area contributed by atoms with Crippen LogP contribution in [0, 0.1) is 6.92 Å². The molecule has 2 bridgehead atoms. The average molecular weight is 441 g/mol. The molecule has 2 aliphatic rings. The summed E-state index contributed by atoms with van der Waals surface area (Å²) in [5.41, 5.74) is 1.72. The summed E-state index contributed by atoms with van der Waals surface area (Å²) in [4.78, 5) is 28.8. The van der Waals surface area contributed by atoms with Gasteiger partial charge in [-0.3, -0.25) is 9.59 Å². The van der Waals surface area contributed by atoms with Gasteiger partial charge in [0.05, 0.1) is 20.3 Å². The van der Waals surface area contributed by atoms with E-state index in [2.05, 4.69) is 0 Å². The number of amides is 1. The highest BCUT2D eigenvalue weighted by molar-refractivity contribution is 5.95. The van der Waals surface area contributed by atoms with Crippen LogP contribution in [-0.4, -0.2) is 52.9 Å². The number of fused-ring (bicyclic) bond motifs is 2. The maximum atomic E-state index is 13.5. The average Bonchev–Trinajstić information content (AvgIpc) is 2.77. The molecule has 0 aliphatic carbocycles. The van der Waals surface area contributed by atoms with Gasteiger partial charge in [-0.1, -0.05) is 6.07 Å². The fourth-order valence-electron chi connectivity index (χ4n) is 5.20. The predicted molar refractivity (Wildman–Crippen MR) is 122 cm³/mol. The van der Waals surface area contributed by atoms with Crippen LogP contribution in [0.5, 0.6) is 11.5 Å². The summed E-state index contributed by atoms with van der Waals surface area (Å²) in [7, 11) is 3.19. The Labute approximate surface area is 188 Å². The molecule has 0 spiro atoms. The van der Waals surface area contributed by atoms with Crippen molar-refractivity contribution in [2.24, 2.45) is 0 Å². The number of piperidine rings is 2. The molecule has 1 aromatic carbocycles. The highest BCUT2D eigenvalue weighted by Gasteiger charge is 2.41. The highest BCUT2D eigenvalue weighted by atomic mass is 16.5. The van der Waals surface area contributed by atoms with Crippen molar-refractivity contribution in [3.05, 3.63) is 57.5 Å². The fourth-order valence-corrected chi connectivity index (χ4v) is 5.20. The van der Waals surface area contributed by atoms with Crippen molar-refractivity contribution in [1.82, 2.24) is 9.47 Å². The number of methoxy groups -OCH3 is 2. The number of ether oxygens (including phenoxy) is 2. The fraction of sp³-hybridized carbons (Fsp3) is 0.520. The maximum Gasteiger partial charge on any atom is 0.263 e. The summed E-state index contributed by atoms with van der Waals surface area (Å²) in [5.74, 6) is 1.12. The van der Waals surface area contributed by atoms with Gasteiger partial charge in [-0.05, 0) is 74.8 Å². The molecule has 2 fully saturated rings. The number of nitrogens with zero attached hydrogens (tertiary/aromatic N) is 2. The zero-order valence-electron chi connectivity index (χ0n) is 19.0. The quantitative estimate of drug-likeness (QED) is 0.747. The van der Waals surface area contributed by atoms with Crippen LogP contribution in [0.25, 0.3) is 0 Å². The molecule has 3 atom stereocenters. The monoisotopic (exact) mass is 440 g/mol. The summed E-state index contributed by atoms with van der Waals surface area (Å²) < 4.78 is 12.3. The predicted octanol–water partition coefficient (Wildman–Crippen LogP) is 2.93. The van der Waals surface area contributed by atoms with Crippen molar-refractivity contribution < 1.29 is 19.4 Å². The van der Waals surface area contributed by atoms with Gasteiger partial charge in [-0.15, -0.1) is 0 Å². The van der Waals surface area contributed by atoms with Crippen molar-refractivity contribution in [2.75, 3.05) is 14.2 Å². The van der Waals surface area contributed by atoms with Gasteiger partial charge in [0.25, 0.3) is 11.5 Å². The Morgan fingerprint density at radius 2 is 1.78 bits per heavy atom. The molecule has 32 heavy (non-hydrogen) atoms. The first-order chi connectivity index (χ1) is 15.4. The van der Waals surface area contributed by atoms with Crippen LogP contribution in [0.4, 0.5) is 0 Å². The zero-order chi connectivity index (χ0) is 22.8. The van der Waals surface area contributed by atoms with Crippen molar-refractivity contribution in [2.45, 2.75) is 70.2 Å². The van der Waals surface area contributed by atoms with E-state index in [-0.39, 0.29) is 35.2 Å². The highest BCUT2D eigenvalue weighted by Crippen LogP contribution is 2.35. The van der Waals surface area contributed by atoms with Crippen molar-refractivity contribution in [1.29, 1.82) is 0 Å². The maximum absolute atomic E-state index is 13.5. The molecular weight excluding hydrogens is 408 g/mol. The Kier molecular flexibility index (Phi) is 6.55. The summed E-state index contributed by atoms with van der Waals surface area (Å²) in [5, 5.41) is 10.2. The first-order valence-corrected chi connectivity index (χ1v) is 11.3. The first kappa shape index (κ1) is 22.4. The van der Waals surface area contributed by atoms with Crippen molar-refractivity contribution in [3.63, 3.8) is 0 Å². The zero-order valence-corrected chi connectivity index (χ0v) is 19.0. The third kappa shape index (κ3) is 4.26. The standard InChI is InChI=1S/C25H32N2O5/c1-16-9-11-26(12-10-17-7-8-21(31-2)22(13-17)32-3)24(29)23(16)25(30)27-18-5-4-6-19(27)15-20(28)14-18/h7-9,11,13,18-20,28H,4-6,10,12,14-15H2,1-3H3/t18-,19+,20?. The Morgan fingerprint density at radius 3 is 2.44 bits per heavy atom. The van der Waals surface area contributed by atoms with Gasteiger partial charge in [0, 0.05) is 24.8 Å². The molecule has 2 aromatic rings. The Bertz CT molecular complexity index is 1030. The molecule has 1 amide bonds. The number of aromatic nitrogens is 1. The molecule has 1 unspecified atom stereocenters. The molecule has 3 heterocycles. The molecule has 1 aromatic heterocycles. The van der Waals surface area contributed by atoms with Crippen LogP contribution >= 0.6 is 0 Å². The van der Waals surface area contributed by atoms with Crippen LogP contribution < -0.4 is 15.0 Å². The summed E-state index contributed by atoms with van der Waals surface area (Å²) >= 11 is 0. The van der Waals surface area contributed by atoms with Gasteiger partial charge >= 0.3 is 0 Å². The summed E-state index contributed by atoms with van der Waals surface area (Å²) in [6.07, 6.45) is 6.06. The van der Waals surface area contributed by atoms with E-state index >= 15 is 0 Å². The van der Waals surface area contributed by atoms with E-state index in [0.29, 0.717) is 42.9 Å². The molecule has 7 nitrogen and oxygen atoms in total. The van der Waals surface area contributed by atoms with Gasteiger partial charge in [0.2, 0.25) is 0 Å². The normalized spacial score (nSPS) is 22.5. The lowest BCUT2D eigenvalue weighted by Gasteiger charge is -2.47. The van der Waals surface area contributed by atoms with E-state index in [1.165, 1.54) is 0 Å². The number of aryl methyl sites for hydroxylation is 3. The van der Waals surface area contributed by atoms with E-state index in [1.807, 2.05) is 36.1 Å². The first-order valence-electron chi connectivity index (χ1n) is 11.3. The minimum absolute atomic E-state index is 0.0178. The second kappa shape index (κ2) is 9.36. The van der Waals surface area contributed by atoms with Crippen LogP contribution in [-0.2, 0) is 13.0 Å². The van der Waals surface area contributed by atoms with Crippen molar-refractivity contribution >= 4 is 5.91 Å². The second-order valence-electron chi connectivity index (χ2n) is 8.89. The molecule has 172 valence electrons. The molecule has 1 N–H and O–H groups in total. The Balaban J connectivity index is 1.57. The molecule has 2 saturated heterocycles. The molecular formula is C25H32N2O5. The van der Waals surface area contributed by atoms with Gasteiger partial charge in [0.15, 0.2) is 11.5 Å². The number of aliphatic hydroxyl groups excluding tert-OH is 1. The van der Waals surface area contributed by atoms with E-state index in [0.717, 1.165) is 24.8 Å². The van der Waals surface area contributed by atoms with Crippen molar-refractivity contribution in [3.8, 4) is 11.5 Å². The molecule has 0 radical (unpaired) electrons. The number of hydrogen-bond acceptors (Lipinski definition) is 5. The lowest BCUT2D eigenvalue weighted by molar-refractivity contribution is -0.0152. The second-order valence-corrected chi connectivity index (χ2v) is 8.89. The van der Waals surface area contributed by atoms with Crippen LogP contribution in [0.2, 0.25) is 0 Å². The number of carbonyl (C=O) groups is 1. The number of benzene rings is 1. The van der Waals surface area contributed by atoms with Crippen LogP contribution in [0.15, 0.2) is 35.3 Å². The molecule has 7 heteroatoms. The third-order valence-electron chi connectivity index (χ3n) is 6.86. The SMILES string of the molecule is COc1ccc(CCn2ccc(C)c(C(=O)N3[C@@H]4CCC[C@H]3CC(O)C4)c2=O)cc1OC. The summed E-state index contributed by atoms with van der Waals surface area (Å²) in [6.45, 7) is 2.28. The van der Waals surface area contributed by atoms with Gasteiger partial charge in [-0.25, -0.2) is 0 Å². The number of rotatable bonds is 6. The molecule has 2 aliphatic heterocycles. The number of pyridine rings is 1. The van der Waals surface area contributed by atoms with Gasteiger partial charge in [-0.2, -0.15) is 0 Å². The molecule has 4 rings (SSSR count). The smallest absolute Gasteiger partial charge is 0.263 e. The van der Waals surface area contributed by atoms with Gasteiger partial charge < -0.3 is 24.0 Å². The topological polar surface area (TPSA) is 81.0 Å². The number of aliphatic hydroxyl groups is 1. The van der Waals surface area contributed by atoms with E-state index in [9.17, 15) is 14.7 Å². The lowest BCUT2D eigenvalue weighted by atomic mass is 9.82. The van der Waals surface area contributed by atoms with E-state index < -0.39 is 0 Å². The Morgan fingerprint density at radius 1 is 1.09 bits per heavy atom. The van der Waals surface area contributed by atoms with Crippen LogP contribution in [0.3, 0.4) is 0 Å². The lowest BCUT2D eigenvalue weighted by Crippen LogP contribution is -2.56. The third-order valence-corrected chi connectivity index (χ3v) is 6.86. The largest absolute Gasteiger partial charge is 0.493 e. The van der Waals surface area contributed by atoms with Gasteiger partial charge in [0.1, 0.15) is 5.56 Å².